The summed E-state index contributed by atoms with van der Waals surface area (Å²) in [5.41, 5.74) is 1.31. The van der Waals surface area contributed by atoms with E-state index in [4.69, 9.17) is 4.74 Å². The van der Waals surface area contributed by atoms with E-state index in [0.29, 0.717) is 12.1 Å². The Kier molecular flexibility index (Phi) is 4.47. The molecule has 7 heteroatoms. The standard InChI is InChI=1S/C18H16N2O5/c1-25-15-8-2-12(3-9-15)10-19-11-16(21)17(18(19)22)13-4-6-14(7-5-13)20(23)24/h2-9,17H,10-11H2,1H3. The van der Waals surface area contributed by atoms with Crippen LogP contribution in [0, 0.1) is 10.1 Å². The summed E-state index contributed by atoms with van der Waals surface area (Å²) < 4.78 is 5.10. The topological polar surface area (TPSA) is 89.8 Å². The number of ether oxygens (including phenoxy) is 1. The minimum absolute atomic E-state index is 0.0342. The number of ketones is 1. The summed E-state index contributed by atoms with van der Waals surface area (Å²) in [7, 11) is 1.58. The fraction of sp³-hybridized carbons (Fsp3) is 0.222. The third kappa shape index (κ3) is 3.35. The van der Waals surface area contributed by atoms with Gasteiger partial charge in [0.2, 0.25) is 5.91 Å². The molecule has 25 heavy (non-hydrogen) atoms. The lowest BCUT2D eigenvalue weighted by Gasteiger charge is -2.16. The lowest BCUT2D eigenvalue weighted by atomic mass is 9.96. The van der Waals surface area contributed by atoms with Gasteiger partial charge in [0.1, 0.15) is 11.7 Å². The van der Waals surface area contributed by atoms with Crippen LogP contribution in [0.15, 0.2) is 48.5 Å². The predicted molar refractivity (Wildman–Crippen MR) is 89.3 cm³/mol. The number of likely N-dealkylation sites (tertiary alicyclic amines) is 1. The largest absolute Gasteiger partial charge is 0.497 e. The third-order valence-corrected chi connectivity index (χ3v) is 4.20. The first-order valence-corrected chi connectivity index (χ1v) is 7.68. The maximum atomic E-state index is 12.6. The van der Waals surface area contributed by atoms with Crippen LogP contribution in [0.3, 0.4) is 0 Å². The van der Waals surface area contributed by atoms with Gasteiger partial charge in [-0.05, 0) is 23.3 Å². The Morgan fingerprint density at radius 1 is 1.12 bits per heavy atom. The fourth-order valence-corrected chi connectivity index (χ4v) is 2.88. The minimum atomic E-state index is -0.890. The first-order chi connectivity index (χ1) is 12.0. The normalized spacial score (nSPS) is 17.0. The van der Waals surface area contributed by atoms with Gasteiger partial charge in [0.15, 0.2) is 5.78 Å². The molecular weight excluding hydrogens is 324 g/mol. The molecule has 0 aliphatic carbocycles. The molecule has 0 radical (unpaired) electrons. The summed E-state index contributed by atoms with van der Waals surface area (Å²) in [5.74, 6) is -0.655. The Morgan fingerprint density at radius 2 is 1.76 bits per heavy atom. The maximum Gasteiger partial charge on any atom is 0.269 e. The molecule has 0 N–H and O–H groups in total. The minimum Gasteiger partial charge on any atom is -0.497 e. The Labute approximate surface area is 144 Å². The van der Waals surface area contributed by atoms with Crippen molar-refractivity contribution in [3.05, 3.63) is 69.8 Å². The predicted octanol–water partition coefficient (Wildman–Crippen LogP) is 2.30. The van der Waals surface area contributed by atoms with Gasteiger partial charge in [-0.25, -0.2) is 0 Å². The van der Waals surface area contributed by atoms with Crippen molar-refractivity contribution < 1.29 is 19.2 Å². The molecule has 1 amide bonds. The molecule has 7 nitrogen and oxygen atoms in total. The molecule has 3 rings (SSSR count). The summed E-state index contributed by atoms with van der Waals surface area (Å²) in [6, 6.07) is 12.8. The molecule has 0 bridgehead atoms. The Hall–Kier alpha value is -3.22. The van der Waals surface area contributed by atoms with Crippen molar-refractivity contribution in [1.29, 1.82) is 0 Å². The van der Waals surface area contributed by atoms with Gasteiger partial charge in [0.25, 0.3) is 5.69 Å². The summed E-state index contributed by atoms with van der Waals surface area (Å²) in [6.07, 6.45) is 0. The number of hydrogen-bond acceptors (Lipinski definition) is 5. The van der Waals surface area contributed by atoms with Crippen LogP contribution in [0.5, 0.6) is 5.75 Å². The van der Waals surface area contributed by atoms with Crippen molar-refractivity contribution in [3.63, 3.8) is 0 Å². The van der Waals surface area contributed by atoms with E-state index in [1.165, 1.54) is 29.2 Å². The van der Waals surface area contributed by atoms with Crippen LogP contribution in [-0.4, -0.2) is 35.2 Å². The van der Waals surface area contributed by atoms with Crippen molar-refractivity contribution in [2.75, 3.05) is 13.7 Å². The number of carbonyl (C=O) groups excluding carboxylic acids is 2. The third-order valence-electron chi connectivity index (χ3n) is 4.20. The molecule has 2 aromatic rings. The number of hydrogen-bond donors (Lipinski definition) is 0. The van der Waals surface area contributed by atoms with Gasteiger partial charge in [0, 0.05) is 18.7 Å². The lowest BCUT2D eigenvalue weighted by Crippen LogP contribution is -2.26. The van der Waals surface area contributed by atoms with Crippen molar-refractivity contribution in [2.45, 2.75) is 12.5 Å². The van der Waals surface area contributed by atoms with Crippen LogP contribution in [-0.2, 0) is 16.1 Å². The quantitative estimate of drug-likeness (QED) is 0.473. The number of carbonyl (C=O) groups is 2. The summed E-state index contributed by atoms with van der Waals surface area (Å²) >= 11 is 0. The highest BCUT2D eigenvalue weighted by atomic mass is 16.6. The second-order valence-corrected chi connectivity index (χ2v) is 5.79. The van der Waals surface area contributed by atoms with E-state index < -0.39 is 10.8 Å². The van der Waals surface area contributed by atoms with Crippen LogP contribution in [0.2, 0.25) is 0 Å². The van der Waals surface area contributed by atoms with Crippen LogP contribution in [0.4, 0.5) is 5.69 Å². The van der Waals surface area contributed by atoms with Crippen LogP contribution in [0.25, 0.3) is 0 Å². The molecule has 0 spiro atoms. The van der Waals surface area contributed by atoms with Crippen molar-refractivity contribution >= 4 is 17.4 Å². The van der Waals surface area contributed by atoms with Gasteiger partial charge in [0.05, 0.1) is 18.6 Å². The van der Waals surface area contributed by atoms with E-state index in [9.17, 15) is 19.7 Å². The van der Waals surface area contributed by atoms with Crippen LogP contribution < -0.4 is 4.74 Å². The smallest absolute Gasteiger partial charge is 0.269 e. The number of nitrogens with zero attached hydrogens (tertiary/aromatic N) is 2. The van der Waals surface area contributed by atoms with Crippen LogP contribution in [0.1, 0.15) is 17.0 Å². The van der Waals surface area contributed by atoms with Gasteiger partial charge < -0.3 is 9.64 Å². The Morgan fingerprint density at radius 3 is 2.32 bits per heavy atom. The highest BCUT2D eigenvalue weighted by molar-refractivity contribution is 6.13. The molecule has 1 aliphatic rings. The number of benzene rings is 2. The van der Waals surface area contributed by atoms with Crippen molar-refractivity contribution in [1.82, 2.24) is 4.90 Å². The molecular formula is C18H16N2O5. The van der Waals surface area contributed by atoms with Crippen molar-refractivity contribution in [3.8, 4) is 5.75 Å². The van der Waals surface area contributed by atoms with Gasteiger partial charge in [-0.2, -0.15) is 0 Å². The van der Waals surface area contributed by atoms with Gasteiger partial charge in [-0.3, -0.25) is 19.7 Å². The monoisotopic (exact) mass is 340 g/mol. The molecule has 0 aromatic heterocycles. The van der Waals surface area contributed by atoms with Gasteiger partial charge in [-0.15, -0.1) is 0 Å². The average molecular weight is 340 g/mol. The first-order valence-electron chi connectivity index (χ1n) is 7.68. The summed E-state index contributed by atoms with van der Waals surface area (Å²) in [5, 5.41) is 10.7. The highest BCUT2D eigenvalue weighted by Crippen LogP contribution is 2.28. The maximum absolute atomic E-state index is 12.6. The van der Waals surface area contributed by atoms with Crippen molar-refractivity contribution in [2.24, 2.45) is 0 Å². The fourth-order valence-electron chi connectivity index (χ4n) is 2.88. The van der Waals surface area contributed by atoms with E-state index in [1.807, 2.05) is 12.1 Å². The zero-order chi connectivity index (χ0) is 18.0. The number of methoxy groups -OCH3 is 1. The SMILES string of the molecule is COc1ccc(CN2CC(=O)C(c3ccc([N+](=O)[O-])cc3)C2=O)cc1. The highest BCUT2D eigenvalue weighted by Gasteiger charge is 2.40. The molecule has 1 fully saturated rings. The first kappa shape index (κ1) is 16.6. The molecule has 128 valence electrons. The molecule has 1 saturated heterocycles. The molecule has 1 atom stereocenters. The summed E-state index contributed by atoms with van der Waals surface area (Å²) in [6.45, 7) is 0.366. The summed E-state index contributed by atoms with van der Waals surface area (Å²) in [4.78, 5) is 36.6. The zero-order valence-electron chi connectivity index (χ0n) is 13.5. The number of amides is 1. The molecule has 1 unspecified atom stereocenters. The number of Topliss-reactive ketones (excluding diaryl/α,β-unsaturated/α-hetero) is 1. The van der Waals surface area contributed by atoms with Gasteiger partial charge >= 0.3 is 0 Å². The zero-order valence-corrected chi connectivity index (χ0v) is 13.5. The Balaban J connectivity index is 1.76. The Bertz CT molecular complexity index is 814. The number of nitro benzene ring substituents is 1. The van der Waals surface area contributed by atoms with Gasteiger partial charge in [-0.1, -0.05) is 24.3 Å². The van der Waals surface area contributed by atoms with E-state index in [0.717, 1.165) is 11.3 Å². The number of rotatable bonds is 5. The second kappa shape index (κ2) is 6.72. The average Bonchev–Trinajstić information content (AvgIpc) is 2.89. The molecule has 0 saturated carbocycles. The molecule has 1 heterocycles. The molecule has 1 aliphatic heterocycles. The van der Waals surface area contributed by atoms with E-state index in [2.05, 4.69) is 0 Å². The number of non-ortho nitro benzene ring substituents is 1. The second-order valence-electron chi connectivity index (χ2n) is 5.79. The van der Waals surface area contributed by atoms with Crippen LogP contribution >= 0.6 is 0 Å². The van der Waals surface area contributed by atoms with E-state index in [-0.39, 0.29) is 23.9 Å². The number of nitro groups is 1. The molecule has 2 aromatic carbocycles. The van der Waals surface area contributed by atoms with E-state index in [1.54, 1.807) is 19.2 Å². The lowest BCUT2D eigenvalue weighted by molar-refractivity contribution is -0.384. The van der Waals surface area contributed by atoms with E-state index >= 15 is 0 Å².